The topological polar surface area (TPSA) is 74.9 Å². The lowest BCUT2D eigenvalue weighted by Gasteiger charge is -2.10. The maximum Gasteiger partial charge on any atom is 0.124 e. The van der Waals surface area contributed by atoms with Gasteiger partial charge in [0.15, 0.2) is 0 Å². The minimum absolute atomic E-state index is 0.253. The zero-order valence-corrected chi connectivity index (χ0v) is 9.58. The molecule has 0 aliphatic heterocycles. The van der Waals surface area contributed by atoms with Crippen LogP contribution in [0, 0.1) is 5.82 Å². The van der Waals surface area contributed by atoms with Crippen LogP contribution in [0.15, 0.2) is 24.4 Å². The Morgan fingerprint density at radius 3 is 2.88 bits per heavy atom. The van der Waals surface area contributed by atoms with Crippen molar-refractivity contribution in [1.82, 2.24) is 10.2 Å². The number of anilines is 1. The molecule has 17 heavy (non-hydrogen) atoms. The van der Waals surface area contributed by atoms with E-state index in [1.54, 1.807) is 0 Å². The van der Waals surface area contributed by atoms with Gasteiger partial charge in [0, 0.05) is 17.0 Å². The SMILES string of the molecule is Nc1[nH]ncc1C(O)Cc1ccc(F)cc1Cl. The summed E-state index contributed by atoms with van der Waals surface area (Å²) in [5.74, 6) is -0.0909. The summed E-state index contributed by atoms with van der Waals surface area (Å²) in [5, 5.41) is 16.5. The number of H-pyrrole nitrogens is 1. The first-order valence-electron chi connectivity index (χ1n) is 4.98. The Morgan fingerprint density at radius 1 is 1.53 bits per heavy atom. The van der Waals surface area contributed by atoms with Crippen LogP contribution in [-0.2, 0) is 6.42 Å². The van der Waals surface area contributed by atoms with Crippen LogP contribution in [-0.4, -0.2) is 15.3 Å². The lowest BCUT2D eigenvalue weighted by Crippen LogP contribution is -2.04. The smallest absolute Gasteiger partial charge is 0.124 e. The van der Waals surface area contributed by atoms with E-state index in [1.165, 1.54) is 24.4 Å². The zero-order valence-electron chi connectivity index (χ0n) is 8.82. The maximum atomic E-state index is 12.8. The summed E-state index contributed by atoms with van der Waals surface area (Å²) in [5.41, 5.74) is 6.75. The van der Waals surface area contributed by atoms with Crippen molar-refractivity contribution in [2.45, 2.75) is 12.5 Å². The van der Waals surface area contributed by atoms with Gasteiger partial charge in [-0.3, -0.25) is 5.10 Å². The molecule has 2 rings (SSSR count). The first kappa shape index (κ1) is 11.9. The van der Waals surface area contributed by atoms with E-state index in [0.717, 1.165) is 0 Å². The first-order chi connectivity index (χ1) is 8.08. The Balaban J connectivity index is 2.19. The van der Waals surface area contributed by atoms with Gasteiger partial charge in [0.2, 0.25) is 0 Å². The number of aromatic nitrogens is 2. The van der Waals surface area contributed by atoms with Crippen molar-refractivity contribution in [1.29, 1.82) is 0 Å². The molecule has 0 fully saturated rings. The van der Waals surface area contributed by atoms with Gasteiger partial charge in [0.1, 0.15) is 11.6 Å². The molecule has 2 aromatic rings. The number of benzene rings is 1. The van der Waals surface area contributed by atoms with Gasteiger partial charge >= 0.3 is 0 Å². The number of hydrogen-bond donors (Lipinski definition) is 3. The minimum Gasteiger partial charge on any atom is -0.388 e. The molecule has 90 valence electrons. The van der Waals surface area contributed by atoms with Gasteiger partial charge in [-0.05, 0) is 17.7 Å². The molecular formula is C11H11ClFN3O. The van der Waals surface area contributed by atoms with E-state index in [9.17, 15) is 9.50 Å². The number of nitrogens with one attached hydrogen (secondary N) is 1. The Morgan fingerprint density at radius 2 is 2.29 bits per heavy atom. The summed E-state index contributed by atoms with van der Waals surface area (Å²) in [6, 6.07) is 4.05. The summed E-state index contributed by atoms with van der Waals surface area (Å²) >= 11 is 5.87. The summed E-state index contributed by atoms with van der Waals surface area (Å²) in [6.07, 6.45) is 0.886. The van der Waals surface area contributed by atoms with Crippen molar-refractivity contribution in [2.75, 3.05) is 5.73 Å². The molecule has 1 aromatic heterocycles. The van der Waals surface area contributed by atoms with Crippen molar-refractivity contribution >= 4 is 17.4 Å². The molecule has 4 N–H and O–H groups in total. The zero-order chi connectivity index (χ0) is 12.4. The second-order valence-electron chi connectivity index (χ2n) is 3.69. The summed E-state index contributed by atoms with van der Waals surface area (Å²) in [6.45, 7) is 0. The van der Waals surface area contributed by atoms with Crippen LogP contribution >= 0.6 is 11.6 Å². The highest BCUT2D eigenvalue weighted by Crippen LogP contribution is 2.26. The van der Waals surface area contributed by atoms with Crippen molar-refractivity contribution in [3.05, 3.63) is 46.4 Å². The quantitative estimate of drug-likeness (QED) is 0.786. The molecule has 0 radical (unpaired) electrons. The third-order valence-corrected chi connectivity index (χ3v) is 2.84. The van der Waals surface area contributed by atoms with Gasteiger partial charge in [-0.25, -0.2) is 4.39 Å². The monoisotopic (exact) mass is 255 g/mol. The number of hydrogen-bond acceptors (Lipinski definition) is 3. The minimum atomic E-state index is -0.822. The fourth-order valence-electron chi connectivity index (χ4n) is 1.58. The van der Waals surface area contributed by atoms with Crippen molar-refractivity contribution in [2.24, 2.45) is 0 Å². The van der Waals surface area contributed by atoms with E-state index in [-0.39, 0.29) is 11.4 Å². The molecule has 0 saturated carbocycles. The third kappa shape index (κ3) is 2.57. The molecule has 0 saturated heterocycles. The molecule has 0 aliphatic rings. The van der Waals surface area contributed by atoms with E-state index in [0.29, 0.717) is 16.9 Å². The summed E-state index contributed by atoms with van der Waals surface area (Å²) < 4.78 is 12.8. The van der Waals surface area contributed by atoms with E-state index >= 15 is 0 Å². The van der Waals surface area contributed by atoms with Crippen molar-refractivity contribution < 1.29 is 9.50 Å². The normalized spacial score (nSPS) is 12.6. The number of halogens is 2. The highest BCUT2D eigenvalue weighted by atomic mass is 35.5. The standard InChI is InChI=1S/C11H11ClFN3O/c12-9-4-7(13)2-1-6(9)3-10(17)8-5-15-16-11(8)14/h1-2,4-5,10,17H,3H2,(H3,14,15,16). The predicted molar refractivity (Wildman–Crippen MR) is 63.1 cm³/mol. The van der Waals surface area contributed by atoms with Gasteiger partial charge < -0.3 is 10.8 Å². The summed E-state index contributed by atoms with van der Waals surface area (Å²) in [4.78, 5) is 0. The molecule has 6 heteroatoms. The number of rotatable bonds is 3. The largest absolute Gasteiger partial charge is 0.388 e. The molecule has 1 heterocycles. The first-order valence-corrected chi connectivity index (χ1v) is 5.36. The fraction of sp³-hybridized carbons (Fsp3) is 0.182. The van der Waals surface area contributed by atoms with Gasteiger partial charge in [0.25, 0.3) is 0 Å². The van der Waals surface area contributed by atoms with Crippen LogP contribution < -0.4 is 5.73 Å². The average molecular weight is 256 g/mol. The van der Waals surface area contributed by atoms with Gasteiger partial charge in [0.05, 0.1) is 12.3 Å². The molecule has 4 nitrogen and oxygen atoms in total. The number of aliphatic hydroxyl groups is 1. The maximum absolute atomic E-state index is 12.8. The fourth-order valence-corrected chi connectivity index (χ4v) is 1.82. The molecule has 0 aliphatic carbocycles. The Hall–Kier alpha value is -1.59. The number of nitrogen functional groups attached to an aromatic ring is 1. The van der Waals surface area contributed by atoms with Crippen LogP contribution in [0.2, 0.25) is 5.02 Å². The molecule has 0 amide bonds. The highest BCUT2D eigenvalue weighted by Gasteiger charge is 2.15. The Labute approximate surface area is 102 Å². The van der Waals surface area contributed by atoms with Crippen LogP contribution in [0.5, 0.6) is 0 Å². The summed E-state index contributed by atoms with van der Waals surface area (Å²) in [7, 11) is 0. The van der Waals surface area contributed by atoms with Crippen LogP contribution in [0.3, 0.4) is 0 Å². The highest BCUT2D eigenvalue weighted by molar-refractivity contribution is 6.31. The second kappa shape index (κ2) is 4.73. The predicted octanol–water partition coefficient (Wildman–Crippen LogP) is 2.06. The van der Waals surface area contributed by atoms with Crippen molar-refractivity contribution in [3.8, 4) is 0 Å². The second-order valence-corrected chi connectivity index (χ2v) is 4.10. The lowest BCUT2D eigenvalue weighted by molar-refractivity contribution is 0.179. The molecule has 1 atom stereocenters. The van der Waals surface area contributed by atoms with Crippen molar-refractivity contribution in [3.63, 3.8) is 0 Å². The lowest BCUT2D eigenvalue weighted by atomic mass is 10.0. The molecule has 1 unspecified atom stereocenters. The van der Waals surface area contributed by atoms with E-state index < -0.39 is 11.9 Å². The van der Waals surface area contributed by atoms with Crippen LogP contribution in [0.25, 0.3) is 0 Å². The van der Waals surface area contributed by atoms with E-state index in [1.807, 2.05) is 0 Å². The third-order valence-electron chi connectivity index (χ3n) is 2.49. The number of aromatic amines is 1. The molecule has 0 bridgehead atoms. The number of nitrogens with zero attached hydrogens (tertiary/aromatic N) is 1. The van der Waals surface area contributed by atoms with E-state index in [2.05, 4.69) is 10.2 Å². The Bertz CT molecular complexity index is 529. The van der Waals surface area contributed by atoms with E-state index in [4.69, 9.17) is 17.3 Å². The number of nitrogens with two attached hydrogens (primary N) is 1. The molecule has 0 spiro atoms. The molecular weight excluding hydrogens is 245 g/mol. The van der Waals surface area contributed by atoms with Gasteiger partial charge in [-0.15, -0.1) is 0 Å². The average Bonchev–Trinajstić information content (AvgIpc) is 2.68. The van der Waals surface area contributed by atoms with Gasteiger partial charge in [-0.1, -0.05) is 17.7 Å². The Kier molecular flexibility index (Phi) is 3.31. The number of aliphatic hydroxyl groups excluding tert-OH is 1. The molecule has 1 aromatic carbocycles. The van der Waals surface area contributed by atoms with Crippen LogP contribution in [0.4, 0.5) is 10.2 Å². The van der Waals surface area contributed by atoms with Gasteiger partial charge in [-0.2, -0.15) is 5.10 Å². The van der Waals surface area contributed by atoms with Crippen LogP contribution in [0.1, 0.15) is 17.2 Å².